The number of phenols is 1. The van der Waals surface area contributed by atoms with Crippen LogP contribution in [-0.2, 0) is 6.54 Å². The second-order valence-corrected chi connectivity index (χ2v) is 5.34. The molecular formula is C17H16FNO2. The van der Waals surface area contributed by atoms with Crippen LogP contribution >= 0.6 is 0 Å². The number of carbonyl (C=O) groups is 1. The summed E-state index contributed by atoms with van der Waals surface area (Å²) in [5.74, 6) is -0.254. The largest absolute Gasteiger partial charge is 0.508 e. The van der Waals surface area contributed by atoms with Gasteiger partial charge >= 0.3 is 0 Å². The van der Waals surface area contributed by atoms with Gasteiger partial charge in [-0.15, -0.1) is 0 Å². The van der Waals surface area contributed by atoms with E-state index in [2.05, 4.69) is 0 Å². The van der Waals surface area contributed by atoms with E-state index in [-0.39, 0.29) is 23.5 Å². The maximum absolute atomic E-state index is 13.0. The Kier molecular flexibility index (Phi) is 3.60. The summed E-state index contributed by atoms with van der Waals surface area (Å²) in [6.45, 7) is 0.454. The molecule has 0 saturated heterocycles. The number of hydrogen-bond acceptors (Lipinski definition) is 2. The van der Waals surface area contributed by atoms with Crippen molar-refractivity contribution >= 4 is 5.91 Å². The minimum Gasteiger partial charge on any atom is -0.508 e. The maximum atomic E-state index is 13.0. The van der Waals surface area contributed by atoms with Gasteiger partial charge in [0.2, 0.25) is 0 Å². The van der Waals surface area contributed by atoms with E-state index in [1.807, 2.05) is 6.07 Å². The summed E-state index contributed by atoms with van der Waals surface area (Å²) in [5, 5.41) is 9.52. The highest BCUT2D eigenvalue weighted by Crippen LogP contribution is 2.30. The van der Waals surface area contributed by atoms with E-state index in [9.17, 15) is 14.3 Å². The van der Waals surface area contributed by atoms with Crippen molar-refractivity contribution in [2.75, 3.05) is 0 Å². The topological polar surface area (TPSA) is 40.5 Å². The van der Waals surface area contributed by atoms with Gasteiger partial charge in [-0.05, 0) is 54.8 Å². The summed E-state index contributed by atoms with van der Waals surface area (Å²) in [4.78, 5) is 14.4. The lowest BCUT2D eigenvalue weighted by Gasteiger charge is -2.22. The summed E-state index contributed by atoms with van der Waals surface area (Å²) in [7, 11) is 0. The summed E-state index contributed by atoms with van der Waals surface area (Å²) >= 11 is 0. The van der Waals surface area contributed by atoms with Gasteiger partial charge < -0.3 is 10.0 Å². The number of benzene rings is 2. The SMILES string of the molecule is O=C(c1ccc(F)cc1)N(Cc1cccc(O)c1)C1CC1. The Morgan fingerprint density at radius 3 is 2.52 bits per heavy atom. The van der Waals surface area contributed by atoms with Crippen molar-refractivity contribution in [1.82, 2.24) is 4.90 Å². The quantitative estimate of drug-likeness (QED) is 0.936. The van der Waals surface area contributed by atoms with Crippen molar-refractivity contribution in [3.8, 4) is 5.75 Å². The Bertz CT molecular complexity index is 650. The van der Waals surface area contributed by atoms with Crippen molar-refractivity contribution < 1.29 is 14.3 Å². The predicted molar refractivity (Wildman–Crippen MR) is 77.4 cm³/mol. The average Bonchev–Trinajstić information content (AvgIpc) is 3.29. The van der Waals surface area contributed by atoms with Gasteiger partial charge in [0.05, 0.1) is 0 Å². The average molecular weight is 285 g/mol. The van der Waals surface area contributed by atoms with Crippen molar-refractivity contribution in [3.63, 3.8) is 0 Å². The summed E-state index contributed by atoms with van der Waals surface area (Å²) in [5.41, 5.74) is 1.38. The fraction of sp³-hybridized carbons (Fsp3) is 0.235. The lowest BCUT2D eigenvalue weighted by atomic mass is 10.1. The van der Waals surface area contributed by atoms with Crippen LogP contribution in [0.25, 0.3) is 0 Å². The Balaban J connectivity index is 1.81. The first kappa shape index (κ1) is 13.6. The van der Waals surface area contributed by atoms with E-state index >= 15 is 0 Å². The molecule has 108 valence electrons. The number of halogens is 1. The van der Waals surface area contributed by atoms with Gasteiger partial charge in [-0.2, -0.15) is 0 Å². The zero-order chi connectivity index (χ0) is 14.8. The molecule has 0 spiro atoms. The highest BCUT2D eigenvalue weighted by molar-refractivity contribution is 5.94. The molecule has 0 radical (unpaired) electrons. The first-order valence-corrected chi connectivity index (χ1v) is 6.98. The number of phenolic OH excluding ortho intramolecular Hbond substituents is 1. The Morgan fingerprint density at radius 2 is 1.90 bits per heavy atom. The standard InChI is InChI=1S/C17H16FNO2/c18-14-6-4-13(5-7-14)17(21)19(15-8-9-15)11-12-2-1-3-16(20)10-12/h1-7,10,15,20H,8-9,11H2. The number of aromatic hydroxyl groups is 1. The van der Waals surface area contributed by atoms with E-state index in [0.29, 0.717) is 12.1 Å². The molecule has 1 amide bonds. The van der Waals surface area contributed by atoms with Crippen molar-refractivity contribution in [3.05, 3.63) is 65.5 Å². The van der Waals surface area contributed by atoms with E-state index in [1.54, 1.807) is 23.1 Å². The minimum absolute atomic E-state index is 0.0964. The Morgan fingerprint density at radius 1 is 1.19 bits per heavy atom. The minimum atomic E-state index is -0.350. The molecule has 0 unspecified atom stereocenters. The number of carbonyl (C=O) groups excluding carboxylic acids is 1. The molecule has 1 aliphatic carbocycles. The number of amides is 1. The third-order valence-electron chi connectivity index (χ3n) is 3.60. The second kappa shape index (κ2) is 5.56. The van der Waals surface area contributed by atoms with Crippen LogP contribution in [0.3, 0.4) is 0 Å². The molecule has 2 aromatic carbocycles. The number of rotatable bonds is 4. The van der Waals surface area contributed by atoms with Gasteiger partial charge in [-0.1, -0.05) is 12.1 Å². The van der Waals surface area contributed by atoms with Gasteiger partial charge in [0.1, 0.15) is 11.6 Å². The monoisotopic (exact) mass is 285 g/mol. The second-order valence-electron chi connectivity index (χ2n) is 5.34. The molecule has 3 rings (SSSR count). The van der Waals surface area contributed by atoms with E-state index < -0.39 is 0 Å². The van der Waals surface area contributed by atoms with Gasteiger partial charge in [0, 0.05) is 18.2 Å². The highest BCUT2D eigenvalue weighted by atomic mass is 19.1. The fourth-order valence-electron chi connectivity index (χ4n) is 2.36. The van der Waals surface area contributed by atoms with E-state index in [0.717, 1.165) is 18.4 Å². The molecule has 1 fully saturated rings. The molecule has 0 atom stereocenters. The molecule has 4 heteroatoms. The van der Waals surface area contributed by atoms with E-state index in [1.165, 1.54) is 24.3 Å². The van der Waals surface area contributed by atoms with Crippen LogP contribution in [0.1, 0.15) is 28.8 Å². The molecule has 2 aromatic rings. The van der Waals surface area contributed by atoms with Crippen LogP contribution in [0.4, 0.5) is 4.39 Å². The zero-order valence-corrected chi connectivity index (χ0v) is 11.5. The van der Waals surface area contributed by atoms with Crippen LogP contribution in [0, 0.1) is 5.82 Å². The predicted octanol–water partition coefficient (Wildman–Crippen LogP) is 3.34. The molecule has 0 heterocycles. The van der Waals surface area contributed by atoms with Crippen LogP contribution in [-0.4, -0.2) is 22.0 Å². The van der Waals surface area contributed by atoms with Crippen LogP contribution in [0.2, 0.25) is 0 Å². The Labute approximate surface area is 122 Å². The number of nitrogens with zero attached hydrogens (tertiary/aromatic N) is 1. The molecule has 3 nitrogen and oxygen atoms in total. The van der Waals surface area contributed by atoms with Crippen molar-refractivity contribution in [2.24, 2.45) is 0 Å². The van der Waals surface area contributed by atoms with Gasteiger partial charge in [-0.25, -0.2) is 4.39 Å². The van der Waals surface area contributed by atoms with Gasteiger partial charge in [0.25, 0.3) is 5.91 Å². The molecule has 0 aromatic heterocycles. The Hall–Kier alpha value is -2.36. The van der Waals surface area contributed by atoms with Crippen LogP contribution in [0.5, 0.6) is 5.75 Å². The molecule has 21 heavy (non-hydrogen) atoms. The summed E-state index contributed by atoms with van der Waals surface area (Å²) in [6, 6.07) is 12.8. The van der Waals surface area contributed by atoms with E-state index in [4.69, 9.17) is 0 Å². The molecule has 1 aliphatic rings. The maximum Gasteiger partial charge on any atom is 0.254 e. The smallest absolute Gasteiger partial charge is 0.254 e. The zero-order valence-electron chi connectivity index (χ0n) is 11.5. The fourth-order valence-corrected chi connectivity index (χ4v) is 2.36. The molecule has 1 saturated carbocycles. The summed E-state index contributed by atoms with van der Waals surface area (Å²) < 4.78 is 13.0. The number of hydrogen-bond donors (Lipinski definition) is 1. The van der Waals surface area contributed by atoms with Crippen molar-refractivity contribution in [2.45, 2.75) is 25.4 Å². The third kappa shape index (κ3) is 3.21. The third-order valence-corrected chi connectivity index (χ3v) is 3.60. The molecule has 0 bridgehead atoms. The molecule has 0 aliphatic heterocycles. The van der Waals surface area contributed by atoms with Crippen LogP contribution in [0.15, 0.2) is 48.5 Å². The van der Waals surface area contributed by atoms with Gasteiger partial charge in [-0.3, -0.25) is 4.79 Å². The molecular weight excluding hydrogens is 269 g/mol. The highest BCUT2D eigenvalue weighted by Gasteiger charge is 2.33. The first-order valence-electron chi connectivity index (χ1n) is 6.98. The van der Waals surface area contributed by atoms with Crippen LogP contribution < -0.4 is 0 Å². The summed E-state index contributed by atoms with van der Waals surface area (Å²) in [6.07, 6.45) is 1.98. The van der Waals surface area contributed by atoms with Crippen molar-refractivity contribution in [1.29, 1.82) is 0 Å². The normalized spacial score (nSPS) is 14.0. The molecule has 1 N–H and O–H groups in total. The lowest BCUT2D eigenvalue weighted by molar-refractivity contribution is 0.0729. The lowest BCUT2D eigenvalue weighted by Crippen LogP contribution is -2.32. The first-order chi connectivity index (χ1) is 10.1. The van der Waals surface area contributed by atoms with Gasteiger partial charge in [0.15, 0.2) is 0 Å².